The number of amides is 4. The Morgan fingerprint density at radius 3 is 2.05 bits per heavy atom. The minimum Gasteiger partial charge on any atom is -0.508 e. The van der Waals surface area contributed by atoms with Crippen LogP contribution in [0.5, 0.6) is 5.75 Å². The molecule has 8 N–H and O–H groups in total. The first kappa shape index (κ1) is 31.2. The summed E-state index contributed by atoms with van der Waals surface area (Å²) >= 11 is 1.23. The number of nitrogens with one attached hydrogen (secondary N) is 5. The van der Waals surface area contributed by atoms with Gasteiger partial charge in [0.2, 0.25) is 23.6 Å². The lowest BCUT2D eigenvalue weighted by atomic mass is 10.1. The molecule has 1 aromatic carbocycles. The number of carbonyl (C=O) groups is 5. The zero-order chi connectivity index (χ0) is 28.9. The number of hydrogen-bond donors (Lipinski definition) is 7. The van der Waals surface area contributed by atoms with Gasteiger partial charge in [-0.3, -0.25) is 24.0 Å². The molecule has 4 amide bonds. The second kappa shape index (κ2) is 15.4. The summed E-state index contributed by atoms with van der Waals surface area (Å²) in [5, 5.41) is 23.3. The lowest BCUT2D eigenvalue weighted by molar-refractivity contribution is -0.133. The van der Waals surface area contributed by atoms with Crippen LogP contribution >= 0.6 is 11.3 Å². The monoisotopic (exact) mass is 561 g/mol. The fraction of sp³-hybridized carbons (Fsp3) is 0.440. The van der Waals surface area contributed by atoms with Crippen molar-refractivity contribution >= 4 is 46.4 Å². The van der Waals surface area contributed by atoms with Gasteiger partial charge in [-0.15, -0.1) is 0 Å². The van der Waals surface area contributed by atoms with Crippen molar-refractivity contribution in [3.05, 3.63) is 40.9 Å². The molecule has 0 fully saturated rings. The van der Waals surface area contributed by atoms with Gasteiger partial charge in [0, 0.05) is 13.1 Å². The van der Waals surface area contributed by atoms with E-state index in [1.54, 1.807) is 12.1 Å². The molecular formula is C25H35N7O6S. The molecule has 0 aliphatic heterocycles. The lowest BCUT2D eigenvalue weighted by Gasteiger charge is -2.21. The van der Waals surface area contributed by atoms with Crippen LogP contribution in [0.1, 0.15) is 42.4 Å². The first-order valence-electron chi connectivity index (χ1n) is 12.4. The van der Waals surface area contributed by atoms with Crippen molar-refractivity contribution in [3.8, 4) is 5.75 Å². The topological polar surface area (TPSA) is 205 Å². The maximum atomic E-state index is 12.5. The van der Waals surface area contributed by atoms with E-state index < -0.39 is 41.9 Å². The third-order valence-electron chi connectivity index (χ3n) is 5.55. The number of phenols is 1. The molecule has 0 unspecified atom stereocenters. The normalized spacial score (nSPS) is 13.7. The van der Waals surface area contributed by atoms with Gasteiger partial charge in [-0.1, -0.05) is 23.5 Å². The number of rotatable bonds is 15. The number of aromatic nitrogens is 1. The summed E-state index contributed by atoms with van der Waals surface area (Å²) in [6.07, 6.45) is 3.01. The second-order valence-corrected chi connectivity index (χ2v) is 9.99. The van der Waals surface area contributed by atoms with Gasteiger partial charge < -0.3 is 37.4 Å². The Morgan fingerprint density at radius 2 is 1.49 bits per heavy atom. The van der Waals surface area contributed by atoms with E-state index in [9.17, 15) is 29.1 Å². The number of nitrogens with zero attached hydrogens (tertiary/aromatic N) is 1. The molecule has 0 spiro atoms. The SMILES string of the molecule is C[C@H](NC(=O)[C@H](C)NC(=O)[C@H](C)NC(=O)[C@@H](N)Cc1ccc(O)cc1)C(=O)NCCCNc1ncc(C=O)s1. The maximum Gasteiger partial charge on any atom is 0.242 e. The van der Waals surface area contributed by atoms with Crippen LogP contribution in [0, 0.1) is 0 Å². The number of thiazole rings is 1. The van der Waals surface area contributed by atoms with Gasteiger partial charge in [-0.25, -0.2) is 4.98 Å². The summed E-state index contributed by atoms with van der Waals surface area (Å²) in [5.41, 5.74) is 6.67. The number of hydrogen-bond acceptors (Lipinski definition) is 10. The zero-order valence-electron chi connectivity index (χ0n) is 22.0. The van der Waals surface area contributed by atoms with E-state index in [1.165, 1.54) is 50.4 Å². The van der Waals surface area contributed by atoms with Crippen LogP contribution in [0.3, 0.4) is 0 Å². The third kappa shape index (κ3) is 10.7. The number of aromatic hydroxyl groups is 1. The molecule has 1 heterocycles. The minimum atomic E-state index is -0.962. The van der Waals surface area contributed by atoms with Gasteiger partial charge >= 0.3 is 0 Å². The Balaban J connectivity index is 1.67. The Hall–Kier alpha value is -4.04. The lowest BCUT2D eigenvalue weighted by Crippen LogP contribution is -2.56. The molecule has 0 radical (unpaired) electrons. The quantitative estimate of drug-likeness (QED) is 0.112. The molecule has 0 saturated carbocycles. The molecule has 14 heteroatoms. The van der Waals surface area contributed by atoms with Crippen LogP contribution in [-0.4, -0.2) is 77.3 Å². The van der Waals surface area contributed by atoms with E-state index in [-0.39, 0.29) is 18.1 Å². The van der Waals surface area contributed by atoms with E-state index in [1.807, 2.05) is 0 Å². The summed E-state index contributed by atoms with van der Waals surface area (Å²) in [5.74, 6) is -1.98. The molecule has 2 rings (SSSR count). The van der Waals surface area contributed by atoms with Gasteiger partial charge in [-0.2, -0.15) is 0 Å². The first-order valence-corrected chi connectivity index (χ1v) is 13.2. The number of nitrogens with two attached hydrogens (primary N) is 1. The van der Waals surface area contributed by atoms with Crippen LogP contribution in [0.15, 0.2) is 30.5 Å². The molecule has 4 atom stereocenters. The molecule has 0 aliphatic rings. The molecule has 0 aliphatic carbocycles. The molecule has 39 heavy (non-hydrogen) atoms. The number of phenolic OH excluding ortho intramolecular Hbond substituents is 1. The highest BCUT2D eigenvalue weighted by atomic mass is 32.1. The summed E-state index contributed by atoms with van der Waals surface area (Å²) < 4.78 is 0. The largest absolute Gasteiger partial charge is 0.508 e. The van der Waals surface area contributed by atoms with Gasteiger partial charge in [-0.05, 0) is 51.3 Å². The Bertz CT molecular complexity index is 1140. The highest BCUT2D eigenvalue weighted by molar-refractivity contribution is 7.17. The summed E-state index contributed by atoms with van der Waals surface area (Å²) in [6, 6.07) is 2.60. The van der Waals surface area contributed by atoms with Crippen LogP contribution in [-0.2, 0) is 25.6 Å². The predicted molar refractivity (Wildman–Crippen MR) is 146 cm³/mol. The standard InChI is InChI=1S/C25H35N7O6S/c1-14(21(35)27-9-4-10-28-25-29-12-19(13-33)39-25)30-22(36)15(2)31-23(37)16(3)32-24(38)20(26)11-17-5-7-18(34)8-6-17/h5-8,12-16,20,34H,4,9-11,26H2,1-3H3,(H,27,35)(H,28,29)(H,30,36)(H,31,37)(H,32,38)/t14-,15-,16-,20-/m0/s1. The van der Waals surface area contributed by atoms with Crippen molar-refractivity contribution in [3.63, 3.8) is 0 Å². The Kier molecular flexibility index (Phi) is 12.3. The van der Waals surface area contributed by atoms with Gasteiger partial charge in [0.25, 0.3) is 0 Å². The molecule has 13 nitrogen and oxygen atoms in total. The highest BCUT2D eigenvalue weighted by Crippen LogP contribution is 2.15. The summed E-state index contributed by atoms with van der Waals surface area (Å²) in [7, 11) is 0. The average Bonchev–Trinajstić information content (AvgIpc) is 3.37. The van der Waals surface area contributed by atoms with Crippen molar-refractivity contribution in [2.75, 3.05) is 18.4 Å². The smallest absolute Gasteiger partial charge is 0.242 e. The van der Waals surface area contributed by atoms with Crippen molar-refractivity contribution in [1.29, 1.82) is 0 Å². The second-order valence-electron chi connectivity index (χ2n) is 8.92. The molecule has 0 saturated heterocycles. The Morgan fingerprint density at radius 1 is 0.923 bits per heavy atom. The maximum absolute atomic E-state index is 12.5. The van der Waals surface area contributed by atoms with E-state index in [4.69, 9.17) is 5.73 Å². The van der Waals surface area contributed by atoms with E-state index in [0.29, 0.717) is 29.5 Å². The van der Waals surface area contributed by atoms with Crippen molar-refractivity contribution < 1.29 is 29.1 Å². The zero-order valence-corrected chi connectivity index (χ0v) is 22.8. The first-order chi connectivity index (χ1) is 18.5. The third-order valence-corrected chi connectivity index (χ3v) is 6.43. The predicted octanol–water partition coefficient (Wildman–Crippen LogP) is -0.336. The highest BCUT2D eigenvalue weighted by Gasteiger charge is 2.25. The van der Waals surface area contributed by atoms with Gasteiger partial charge in [0.1, 0.15) is 23.9 Å². The van der Waals surface area contributed by atoms with Crippen molar-refractivity contribution in [1.82, 2.24) is 26.3 Å². The molecule has 0 bridgehead atoms. The van der Waals surface area contributed by atoms with E-state index in [0.717, 1.165) is 11.8 Å². The molecular weight excluding hydrogens is 526 g/mol. The number of benzene rings is 1. The Labute approximate surface area is 230 Å². The summed E-state index contributed by atoms with van der Waals surface area (Å²) in [4.78, 5) is 64.8. The number of anilines is 1. The fourth-order valence-corrected chi connectivity index (χ4v) is 3.90. The minimum absolute atomic E-state index is 0.0998. The fourth-order valence-electron chi connectivity index (χ4n) is 3.24. The number of aldehydes is 1. The van der Waals surface area contributed by atoms with Crippen molar-refractivity contribution in [2.45, 2.75) is 57.8 Å². The van der Waals surface area contributed by atoms with Crippen LogP contribution in [0.4, 0.5) is 5.13 Å². The van der Waals surface area contributed by atoms with Crippen LogP contribution in [0.25, 0.3) is 0 Å². The molecule has 1 aromatic heterocycles. The van der Waals surface area contributed by atoms with Crippen molar-refractivity contribution in [2.24, 2.45) is 5.73 Å². The van der Waals surface area contributed by atoms with E-state index in [2.05, 4.69) is 31.6 Å². The van der Waals surface area contributed by atoms with E-state index >= 15 is 0 Å². The van der Waals surface area contributed by atoms with Gasteiger partial charge in [0.15, 0.2) is 11.4 Å². The molecule has 2 aromatic rings. The molecule has 212 valence electrons. The van der Waals surface area contributed by atoms with Gasteiger partial charge in [0.05, 0.1) is 17.1 Å². The number of carbonyl (C=O) groups excluding carboxylic acids is 5. The van der Waals surface area contributed by atoms with Crippen LogP contribution < -0.4 is 32.3 Å². The average molecular weight is 562 g/mol. The summed E-state index contributed by atoms with van der Waals surface area (Å²) in [6.45, 7) is 5.34. The van der Waals surface area contributed by atoms with Crippen LogP contribution in [0.2, 0.25) is 0 Å².